The number of fused-ring (bicyclic) bond motifs is 1. The fourth-order valence-corrected chi connectivity index (χ4v) is 4.67. The van der Waals surface area contributed by atoms with Gasteiger partial charge in [-0.15, -0.1) is 0 Å². The van der Waals surface area contributed by atoms with E-state index < -0.39 is 0 Å². The van der Waals surface area contributed by atoms with E-state index >= 15 is 0 Å². The van der Waals surface area contributed by atoms with E-state index in [-0.39, 0.29) is 17.7 Å². The Labute approximate surface area is 167 Å². The van der Waals surface area contributed by atoms with Gasteiger partial charge in [0.05, 0.1) is 10.2 Å². The van der Waals surface area contributed by atoms with Crippen LogP contribution in [0.25, 0.3) is 10.2 Å². The minimum absolute atomic E-state index is 0.0154. The van der Waals surface area contributed by atoms with Gasteiger partial charge in [0, 0.05) is 25.2 Å². The highest BCUT2D eigenvalue weighted by molar-refractivity contribution is 7.22. The summed E-state index contributed by atoms with van der Waals surface area (Å²) in [5.41, 5.74) is 3.71. The molecule has 2 amide bonds. The number of likely N-dealkylation sites (tertiary alicyclic amines) is 1. The van der Waals surface area contributed by atoms with Crippen molar-refractivity contribution in [3.63, 3.8) is 0 Å². The Bertz CT molecular complexity index is 1020. The Kier molecular flexibility index (Phi) is 5.09. The van der Waals surface area contributed by atoms with Gasteiger partial charge in [-0.3, -0.25) is 14.6 Å². The molecule has 0 spiro atoms. The molecule has 3 heterocycles. The average molecular weight is 395 g/mol. The Morgan fingerprint density at radius 2 is 1.96 bits per heavy atom. The largest absolute Gasteiger partial charge is 0.337 e. The predicted molar refractivity (Wildman–Crippen MR) is 111 cm³/mol. The lowest BCUT2D eigenvalue weighted by molar-refractivity contribution is -0.121. The van der Waals surface area contributed by atoms with Gasteiger partial charge < -0.3 is 10.2 Å². The van der Waals surface area contributed by atoms with Gasteiger partial charge in [0.1, 0.15) is 5.69 Å². The number of piperidine rings is 1. The predicted octanol–water partition coefficient (Wildman–Crippen LogP) is 3.80. The highest BCUT2D eigenvalue weighted by atomic mass is 32.1. The van der Waals surface area contributed by atoms with Crippen molar-refractivity contribution in [3.05, 3.63) is 53.3 Å². The summed E-state index contributed by atoms with van der Waals surface area (Å²) in [6.07, 6.45) is 2.91. The molecule has 1 aromatic carbocycles. The second-order valence-electron chi connectivity index (χ2n) is 7.22. The number of amides is 2. The Hall–Kier alpha value is -2.80. The van der Waals surface area contributed by atoms with Crippen LogP contribution in [0.3, 0.4) is 0 Å². The quantitative estimate of drug-likeness (QED) is 0.733. The second-order valence-corrected chi connectivity index (χ2v) is 8.25. The molecule has 4 rings (SSSR count). The number of benzene rings is 1. The normalized spacial score (nSPS) is 15.0. The van der Waals surface area contributed by atoms with E-state index in [4.69, 9.17) is 0 Å². The molecule has 6 nitrogen and oxygen atoms in total. The summed E-state index contributed by atoms with van der Waals surface area (Å²) in [5, 5.41) is 3.62. The maximum absolute atomic E-state index is 12.7. The van der Waals surface area contributed by atoms with Crippen LogP contribution in [-0.4, -0.2) is 39.8 Å². The molecule has 1 fully saturated rings. The first kappa shape index (κ1) is 18.6. The highest BCUT2D eigenvalue weighted by Gasteiger charge is 2.28. The van der Waals surface area contributed by atoms with Crippen molar-refractivity contribution in [2.45, 2.75) is 26.7 Å². The number of nitrogens with one attached hydrogen (secondary N) is 1. The molecule has 0 bridgehead atoms. The van der Waals surface area contributed by atoms with E-state index in [2.05, 4.69) is 34.3 Å². The molecule has 7 heteroatoms. The van der Waals surface area contributed by atoms with Gasteiger partial charge in [-0.25, -0.2) is 4.98 Å². The van der Waals surface area contributed by atoms with Crippen molar-refractivity contribution in [1.29, 1.82) is 0 Å². The van der Waals surface area contributed by atoms with Crippen molar-refractivity contribution in [2.24, 2.45) is 5.92 Å². The summed E-state index contributed by atoms with van der Waals surface area (Å²) in [4.78, 5) is 35.6. The maximum atomic E-state index is 12.7. The summed E-state index contributed by atoms with van der Waals surface area (Å²) in [6, 6.07) is 9.51. The highest BCUT2D eigenvalue weighted by Crippen LogP contribution is 2.30. The zero-order valence-corrected chi connectivity index (χ0v) is 16.8. The molecule has 28 heavy (non-hydrogen) atoms. The molecular formula is C21H22N4O2S. The number of carbonyl (C=O) groups is 2. The monoisotopic (exact) mass is 394 g/mol. The number of carbonyl (C=O) groups excluding carboxylic acids is 2. The lowest BCUT2D eigenvalue weighted by Gasteiger charge is -2.30. The van der Waals surface area contributed by atoms with Gasteiger partial charge in [-0.1, -0.05) is 23.5 Å². The summed E-state index contributed by atoms with van der Waals surface area (Å²) in [5.74, 6) is -0.197. The van der Waals surface area contributed by atoms with Crippen LogP contribution >= 0.6 is 11.3 Å². The molecule has 1 aliphatic rings. The van der Waals surface area contributed by atoms with Crippen LogP contribution in [0.5, 0.6) is 0 Å². The Morgan fingerprint density at radius 1 is 1.18 bits per heavy atom. The molecule has 2 aromatic heterocycles. The van der Waals surface area contributed by atoms with E-state index in [9.17, 15) is 9.59 Å². The molecule has 0 saturated carbocycles. The first-order valence-corrected chi connectivity index (χ1v) is 10.2. The standard InChI is InChI=1S/C21H22N4O2S/c1-13-11-14(2)18-17(12-13)28-21(23-18)24-19(26)15-6-9-25(10-7-15)20(27)16-5-3-4-8-22-16/h3-5,8,11-12,15H,6-7,9-10H2,1-2H3,(H,23,24,26). The number of anilines is 1. The van der Waals surface area contributed by atoms with E-state index in [0.29, 0.717) is 36.8 Å². The van der Waals surface area contributed by atoms with Crippen LogP contribution in [0.1, 0.15) is 34.5 Å². The van der Waals surface area contributed by atoms with Crippen molar-refractivity contribution >= 4 is 38.5 Å². The molecule has 144 valence electrons. The molecule has 0 atom stereocenters. The van der Waals surface area contributed by atoms with Gasteiger partial charge in [0.2, 0.25) is 5.91 Å². The smallest absolute Gasteiger partial charge is 0.272 e. The van der Waals surface area contributed by atoms with Crippen molar-refractivity contribution in [1.82, 2.24) is 14.9 Å². The van der Waals surface area contributed by atoms with Gasteiger partial charge in [-0.2, -0.15) is 0 Å². The van der Waals surface area contributed by atoms with E-state index in [1.807, 2.05) is 13.0 Å². The summed E-state index contributed by atoms with van der Waals surface area (Å²) in [6.45, 7) is 5.22. The number of rotatable bonds is 3. The molecule has 1 aliphatic heterocycles. The number of pyridine rings is 1. The number of hydrogen-bond acceptors (Lipinski definition) is 5. The van der Waals surface area contributed by atoms with Crippen molar-refractivity contribution in [2.75, 3.05) is 18.4 Å². The van der Waals surface area contributed by atoms with Gasteiger partial charge in [-0.05, 0) is 56.0 Å². The van der Waals surface area contributed by atoms with Gasteiger partial charge in [0.25, 0.3) is 5.91 Å². The molecule has 1 N–H and O–H groups in total. The van der Waals surface area contributed by atoms with E-state index in [1.165, 1.54) is 16.9 Å². The molecule has 0 aliphatic carbocycles. The van der Waals surface area contributed by atoms with Crippen LogP contribution in [-0.2, 0) is 4.79 Å². The van der Waals surface area contributed by atoms with Crippen LogP contribution in [0.4, 0.5) is 5.13 Å². The molecule has 1 saturated heterocycles. The topological polar surface area (TPSA) is 75.2 Å². The zero-order chi connectivity index (χ0) is 19.7. The summed E-state index contributed by atoms with van der Waals surface area (Å²) < 4.78 is 1.09. The summed E-state index contributed by atoms with van der Waals surface area (Å²) >= 11 is 1.50. The number of aryl methyl sites for hydroxylation is 2. The van der Waals surface area contributed by atoms with E-state index in [0.717, 1.165) is 15.8 Å². The van der Waals surface area contributed by atoms with Crippen LogP contribution < -0.4 is 5.32 Å². The SMILES string of the molecule is Cc1cc(C)c2nc(NC(=O)C3CCN(C(=O)c4ccccn4)CC3)sc2c1. The molecular weight excluding hydrogens is 372 g/mol. The van der Waals surface area contributed by atoms with E-state index in [1.54, 1.807) is 23.2 Å². The van der Waals surface area contributed by atoms with Crippen molar-refractivity contribution < 1.29 is 9.59 Å². The lowest BCUT2D eigenvalue weighted by Crippen LogP contribution is -2.41. The fourth-order valence-electron chi connectivity index (χ4n) is 3.63. The third kappa shape index (κ3) is 3.75. The van der Waals surface area contributed by atoms with Crippen LogP contribution in [0.2, 0.25) is 0 Å². The van der Waals surface area contributed by atoms with Crippen molar-refractivity contribution in [3.8, 4) is 0 Å². The Morgan fingerprint density at radius 3 is 2.68 bits per heavy atom. The molecule has 3 aromatic rings. The number of nitrogens with zero attached hydrogens (tertiary/aromatic N) is 3. The third-order valence-electron chi connectivity index (χ3n) is 5.10. The minimum Gasteiger partial charge on any atom is -0.337 e. The van der Waals surface area contributed by atoms with Crippen LogP contribution in [0, 0.1) is 19.8 Å². The number of aromatic nitrogens is 2. The average Bonchev–Trinajstić information content (AvgIpc) is 3.11. The van der Waals surface area contributed by atoms with Gasteiger partial charge in [0.15, 0.2) is 5.13 Å². The Balaban J connectivity index is 1.38. The molecule has 0 unspecified atom stereocenters. The maximum Gasteiger partial charge on any atom is 0.272 e. The molecule has 0 radical (unpaired) electrons. The number of hydrogen-bond donors (Lipinski definition) is 1. The number of thiazole rings is 1. The van der Waals surface area contributed by atoms with Gasteiger partial charge >= 0.3 is 0 Å². The second kappa shape index (κ2) is 7.67. The third-order valence-corrected chi connectivity index (χ3v) is 6.01. The summed E-state index contributed by atoms with van der Waals surface area (Å²) in [7, 11) is 0. The lowest BCUT2D eigenvalue weighted by atomic mass is 9.96. The first-order valence-electron chi connectivity index (χ1n) is 9.40. The van der Waals surface area contributed by atoms with Crippen LogP contribution in [0.15, 0.2) is 36.5 Å². The fraction of sp³-hybridized carbons (Fsp3) is 0.333. The zero-order valence-electron chi connectivity index (χ0n) is 15.9. The minimum atomic E-state index is -0.109. The first-order chi connectivity index (χ1) is 13.5.